The van der Waals surface area contributed by atoms with Crippen LogP contribution in [0.1, 0.15) is 70.0 Å². The van der Waals surface area contributed by atoms with Crippen molar-refractivity contribution in [2.24, 2.45) is 5.73 Å². The van der Waals surface area contributed by atoms with E-state index in [0.29, 0.717) is 23.6 Å². The van der Waals surface area contributed by atoms with Gasteiger partial charge in [0.05, 0.1) is 6.04 Å². The number of anilines is 1. The average molecular weight is 432 g/mol. The van der Waals surface area contributed by atoms with Crippen LogP contribution in [0.4, 0.5) is 5.82 Å². The van der Waals surface area contributed by atoms with Crippen molar-refractivity contribution in [3.8, 4) is 11.3 Å². The van der Waals surface area contributed by atoms with Gasteiger partial charge in [-0.1, -0.05) is 61.7 Å². The molecule has 1 aromatic heterocycles. The van der Waals surface area contributed by atoms with Crippen molar-refractivity contribution < 1.29 is 9.59 Å². The van der Waals surface area contributed by atoms with Gasteiger partial charge in [-0.3, -0.25) is 9.59 Å². The van der Waals surface area contributed by atoms with E-state index in [2.05, 4.69) is 5.32 Å². The molecule has 5 N–H and O–H groups in total. The molecule has 166 valence electrons. The maximum atomic E-state index is 12.4. The Bertz CT molecular complexity index is 1130. The molecule has 0 spiro atoms. The average Bonchev–Trinajstić information content (AvgIpc) is 3.16. The van der Waals surface area contributed by atoms with E-state index in [0.717, 1.165) is 42.4 Å². The first-order valence-corrected chi connectivity index (χ1v) is 11.1. The Hall–Kier alpha value is -3.61. The highest BCUT2D eigenvalue weighted by molar-refractivity contribution is 6.03. The number of aromatic nitrogens is 2. The monoisotopic (exact) mass is 431 g/mol. The smallest absolute Gasteiger partial charge is 0.254 e. The summed E-state index contributed by atoms with van der Waals surface area (Å²) in [4.78, 5) is 24.6. The van der Waals surface area contributed by atoms with Crippen LogP contribution in [-0.2, 0) is 6.54 Å². The predicted molar refractivity (Wildman–Crippen MR) is 125 cm³/mol. The van der Waals surface area contributed by atoms with Crippen molar-refractivity contribution >= 4 is 17.6 Å². The first kappa shape index (κ1) is 21.6. The molecular formula is C25H29N5O2. The molecule has 1 saturated carbocycles. The van der Waals surface area contributed by atoms with Crippen LogP contribution >= 0.6 is 0 Å². The van der Waals surface area contributed by atoms with Crippen molar-refractivity contribution in [1.82, 2.24) is 15.1 Å². The van der Waals surface area contributed by atoms with Crippen LogP contribution in [0.5, 0.6) is 0 Å². The molecule has 0 atom stereocenters. The summed E-state index contributed by atoms with van der Waals surface area (Å²) >= 11 is 0. The standard InChI is InChI=1S/C25H29N5O2/c1-16-7-5-6-10-20(16)25(32)28-15-17-11-13-18(14-12-17)22-21(24(27)31)23(26)30(29-22)19-8-3-2-4-9-19/h5-7,10-14,19H,2-4,8-9,15,26H2,1H3,(H2,27,31)(H,28,32). The Morgan fingerprint density at radius 1 is 1.06 bits per heavy atom. The summed E-state index contributed by atoms with van der Waals surface area (Å²) in [5, 5.41) is 7.65. The summed E-state index contributed by atoms with van der Waals surface area (Å²) in [6.07, 6.45) is 5.49. The van der Waals surface area contributed by atoms with Gasteiger partial charge in [-0.05, 0) is 37.0 Å². The molecule has 1 fully saturated rings. The number of benzene rings is 2. The van der Waals surface area contributed by atoms with Gasteiger partial charge in [0.1, 0.15) is 17.1 Å². The molecular weight excluding hydrogens is 402 g/mol. The number of rotatable bonds is 6. The third-order valence-corrected chi connectivity index (χ3v) is 6.18. The summed E-state index contributed by atoms with van der Waals surface area (Å²) in [5.41, 5.74) is 16.1. The highest BCUT2D eigenvalue weighted by Crippen LogP contribution is 2.34. The molecule has 1 aliphatic rings. The van der Waals surface area contributed by atoms with Gasteiger partial charge in [0.25, 0.3) is 11.8 Å². The lowest BCUT2D eigenvalue weighted by Crippen LogP contribution is -2.23. The van der Waals surface area contributed by atoms with E-state index >= 15 is 0 Å². The van der Waals surface area contributed by atoms with Crippen LogP contribution in [0.2, 0.25) is 0 Å². The molecule has 1 heterocycles. The van der Waals surface area contributed by atoms with Crippen LogP contribution < -0.4 is 16.8 Å². The Labute approximate surface area is 187 Å². The van der Waals surface area contributed by atoms with E-state index in [-0.39, 0.29) is 17.5 Å². The number of hydrogen-bond donors (Lipinski definition) is 3. The zero-order valence-electron chi connectivity index (χ0n) is 18.3. The lowest BCUT2D eigenvalue weighted by molar-refractivity contribution is 0.0949. The maximum Gasteiger partial charge on any atom is 0.254 e. The summed E-state index contributed by atoms with van der Waals surface area (Å²) < 4.78 is 1.78. The van der Waals surface area contributed by atoms with Crippen LogP contribution in [0, 0.1) is 6.92 Å². The van der Waals surface area contributed by atoms with Gasteiger partial charge >= 0.3 is 0 Å². The summed E-state index contributed by atoms with van der Waals surface area (Å²) in [5.74, 6) is -0.342. The molecule has 0 radical (unpaired) electrons. The zero-order chi connectivity index (χ0) is 22.7. The molecule has 7 heteroatoms. The molecule has 2 aromatic carbocycles. The van der Waals surface area contributed by atoms with Crippen molar-refractivity contribution in [2.45, 2.75) is 51.6 Å². The summed E-state index contributed by atoms with van der Waals surface area (Å²) in [6.45, 7) is 2.31. The lowest BCUT2D eigenvalue weighted by atomic mass is 9.95. The van der Waals surface area contributed by atoms with E-state index in [1.165, 1.54) is 6.42 Å². The van der Waals surface area contributed by atoms with Crippen LogP contribution in [0.15, 0.2) is 48.5 Å². The molecule has 1 aliphatic carbocycles. The highest BCUT2D eigenvalue weighted by atomic mass is 16.2. The molecule has 0 saturated heterocycles. The second-order valence-corrected chi connectivity index (χ2v) is 8.40. The highest BCUT2D eigenvalue weighted by Gasteiger charge is 2.26. The van der Waals surface area contributed by atoms with E-state index in [1.54, 1.807) is 4.68 Å². The molecule has 0 bridgehead atoms. The van der Waals surface area contributed by atoms with E-state index in [9.17, 15) is 9.59 Å². The van der Waals surface area contributed by atoms with Crippen LogP contribution in [-0.4, -0.2) is 21.6 Å². The first-order chi connectivity index (χ1) is 15.5. The number of nitrogens with zero attached hydrogens (tertiary/aromatic N) is 2. The Morgan fingerprint density at radius 3 is 2.41 bits per heavy atom. The second kappa shape index (κ2) is 9.26. The van der Waals surface area contributed by atoms with Crippen LogP contribution in [0.3, 0.4) is 0 Å². The molecule has 0 unspecified atom stereocenters. The number of nitrogens with two attached hydrogens (primary N) is 2. The number of hydrogen-bond acceptors (Lipinski definition) is 4. The number of carbonyl (C=O) groups excluding carboxylic acids is 2. The van der Waals surface area contributed by atoms with Crippen molar-refractivity contribution in [3.63, 3.8) is 0 Å². The number of carbonyl (C=O) groups is 2. The third-order valence-electron chi connectivity index (χ3n) is 6.18. The third kappa shape index (κ3) is 4.37. The van der Waals surface area contributed by atoms with Crippen molar-refractivity contribution in [3.05, 3.63) is 70.8 Å². The summed E-state index contributed by atoms with van der Waals surface area (Å²) in [6, 6.07) is 15.3. The Morgan fingerprint density at radius 2 is 1.75 bits per heavy atom. The first-order valence-electron chi connectivity index (χ1n) is 11.1. The lowest BCUT2D eigenvalue weighted by Gasteiger charge is -2.22. The van der Waals surface area contributed by atoms with Gasteiger partial charge in [-0.25, -0.2) is 4.68 Å². The van der Waals surface area contributed by atoms with Gasteiger partial charge in [0.2, 0.25) is 0 Å². The van der Waals surface area contributed by atoms with Gasteiger partial charge in [0.15, 0.2) is 0 Å². The van der Waals surface area contributed by atoms with Crippen molar-refractivity contribution in [1.29, 1.82) is 0 Å². The minimum absolute atomic E-state index is 0.109. The quantitative estimate of drug-likeness (QED) is 0.547. The fourth-order valence-corrected chi connectivity index (χ4v) is 4.38. The fourth-order valence-electron chi connectivity index (χ4n) is 4.38. The number of primary amides is 1. The molecule has 2 amide bonds. The largest absolute Gasteiger partial charge is 0.383 e. The second-order valence-electron chi connectivity index (χ2n) is 8.40. The maximum absolute atomic E-state index is 12.4. The predicted octanol–water partition coefficient (Wildman–Crippen LogP) is 3.97. The van der Waals surface area contributed by atoms with Crippen molar-refractivity contribution in [2.75, 3.05) is 5.73 Å². The molecule has 4 rings (SSSR count). The minimum Gasteiger partial charge on any atom is -0.383 e. The number of aryl methyl sites for hydroxylation is 1. The number of nitrogen functional groups attached to an aromatic ring is 1. The number of nitrogens with one attached hydrogen (secondary N) is 1. The fraction of sp³-hybridized carbons (Fsp3) is 0.320. The Kier molecular flexibility index (Phi) is 6.25. The Balaban J connectivity index is 1.53. The SMILES string of the molecule is Cc1ccccc1C(=O)NCc1ccc(-c2nn(C3CCCCC3)c(N)c2C(N)=O)cc1. The van der Waals surface area contributed by atoms with Gasteiger partial charge in [-0.15, -0.1) is 0 Å². The topological polar surface area (TPSA) is 116 Å². The molecule has 3 aromatic rings. The molecule has 7 nitrogen and oxygen atoms in total. The normalized spacial score (nSPS) is 14.3. The molecule has 0 aliphatic heterocycles. The van der Waals surface area contributed by atoms with Gasteiger partial charge in [0, 0.05) is 17.7 Å². The zero-order valence-corrected chi connectivity index (χ0v) is 18.3. The van der Waals surface area contributed by atoms with E-state index in [4.69, 9.17) is 16.6 Å². The van der Waals surface area contributed by atoms with Gasteiger partial charge < -0.3 is 16.8 Å². The molecule has 32 heavy (non-hydrogen) atoms. The van der Waals surface area contributed by atoms with E-state index < -0.39 is 5.91 Å². The summed E-state index contributed by atoms with van der Waals surface area (Å²) in [7, 11) is 0. The number of amides is 2. The van der Waals surface area contributed by atoms with Gasteiger partial charge in [-0.2, -0.15) is 5.10 Å². The minimum atomic E-state index is -0.575. The van der Waals surface area contributed by atoms with E-state index in [1.807, 2.05) is 55.5 Å². The van der Waals surface area contributed by atoms with Crippen LogP contribution in [0.25, 0.3) is 11.3 Å².